The molecule has 3 N–H and O–H groups in total. The predicted molar refractivity (Wildman–Crippen MR) is 84.3 cm³/mol. The monoisotopic (exact) mass is 370 g/mol. The molecule has 1 atom stereocenters. The molecule has 0 aliphatic rings. The summed E-state index contributed by atoms with van der Waals surface area (Å²) in [4.78, 5) is 26.3. The Morgan fingerprint density at radius 3 is 2.50 bits per heavy atom. The molecule has 0 radical (unpaired) electrons. The van der Waals surface area contributed by atoms with E-state index in [1.807, 2.05) is 0 Å². The number of carboxylic acid groups (broad SMARTS) is 1. The molecule has 118 valence electrons. The van der Waals surface area contributed by atoms with Gasteiger partial charge in [-0.25, -0.2) is 9.18 Å². The van der Waals surface area contributed by atoms with E-state index < -0.39 is 29.2 Å². The van der Waals surface area contributed by atoms with Gasteiger partial charge in [0.2, 0.25) is 0 Å². The van der Waals surface area contributed by atoms with E-state index in [2.05, 4.69) is 26.2 Å². The Hall–Kier alpha value is -1.89. The molecular formula is C15H16BrFN2O3. The fourth-order valence-corrected chi connectivity index (χ4v) is 2.57. The summed E-state index contributed by atoms with van der Waals surface area (Å²) in [5.74, 6) is -2.18. The minimum atomic E-state index is -1.12. The van der Waals surface area contributed by atoms with E-state index in [1.54, 1.807) is 26.8 Å². The number of carbonyl (C=O) groups is 2. The molecule has 1 amide bonds. The van der Waals surface area contributed by atoms with Gasteiger partial charge in [-0.3, -0.25) is 4.79 Å². The molecule has 0 saturated heterocycles. The van der Waals surface area contributed by atoms with Gasteiger partial charge in [0.15, 0.2) is 0 Å². The molecule has 0 bridgehead atoms. The summed E-state index contributed by atoms with van der Waals surface area (Å²) in [6, 6.07) is 3.26. The second-order valence-electron chi connectivity index (χ2n) is 6.14. The molecule has 0 fully saturated rings. The van der Waals surface area contributed by atoms with E-state index in [-0.39, 0.29) is 11.1 Å². The number of hydrogen-bond donors (Lipinski definition) is 3. The number of aliphatic carboxylic acids is 1. The van der Waals surface area contributed by atoms with Crippen molar-refractivity contribution in [3.05, 3.63) is 34.2 Å². The molecule has 0 unspecified atom stereocenters. The number of nitrogens with one attached hydrogen (secondary N) is 2. The summed E-state index contributed by atoms with van der Waals surface area (Å²) in [5, 5.41) is 12.0. The van der Waals surface area contributed by atoms with Crippen LogP contribution in [-0.2, 0) is 4.79 Å². The molecule has 1 aromatic heterocycles. The average Bonchev–Trinajstić information content (AvgIpc) is 2.77. The highest BCUT2D eigenvalue weighted by Gasteiger charge is 2.33. The number of carbonyl (C=O) groups excluding carboxylic acids is 1. The maximum Gasteiger partial charge on any atom is 0.326 e. The summed E-state index contributed by atoms with van der Waals surface area (Å²) in [6.07, 6.45) is 0. The van der Waals surface area contributed by atoms with E-state index in [1.165, 1.54) is 12.1 Å². The first kappa shape index (κ1) is 16.5. The minimum absolute atomic E-state index is 0.113. The number of aromatic nitrogens is 1. The zero-order chi connectivity index (χ0) is 16.7. The number of halogens is 2. The largest absolute Gasteiger partial charge is 0.480 e. The summed E-state index contributed by atoms with van der Waals surface area (Å²) in [5.41, 5.74) is -0.0796. The van der Waals surface area contributed by atoms with Crippen molar-refractivity contribution in [3.63, 3.8) is 0 Å². The lowest BCUT2D eigenvalue weighted by molar-refractivity contribution is -0.142. The Bertz CT molecular complexity index is 749. The molecule has 7 heteroatoms. The van der Waals surface area contributed by atoms with Crippen LogP contribution >= 0.6 is 15.9 Å². The first-order chi connectivity index (χ1) is 10.1. The number of amides is 1. The van der Waals surface area contributed by atoms with Gasteiger partial charge in [0.05, 0.1) is 5.52 Å². The fourth-order valence-electron chi connectivity index (χ4n) is 2.14. The number of aromatic amines is 1. The first-order valence-electron chi connectivity index (χ1n) is 6.61. The molecule has 0 aliphatic carbocycles. The van der Waals surface area contributed by atoms with Gasteiger partial charge in [-0.05, 0) is 23.6 Å². The van der Waals surface area contributed by atoms with Crippen LogP contribution in [-0.4, -0.2) is 28.0 Å². The molecule has 1 heterocycles. The quantitative estimate of drug-likeness (QED) is 0.774. The number of carboxylic acids is 1. The summed E-state index contributed by atoms with van der Waals surface area (Å²) < 4.78 is 14.4. The van der Waals surface area contributed by atoms with Crippen LogP contribution in [0, 0.1) is 11.2 Å². The van der Waals surface area contributed by atoms with Crippen molar-refractivity contribution < 1.29 is 19.1 Å². The van der Waals surface area contributed by atoms with Crippen LogP contribution < -0.4 is 5.32 Å². The fraction of sp³-hybridized carbons (Fsp3) is 0.333. The second kappa shape index (κ2) is 5.72. The molecule has 0 saturated carbocycles. The Kier molecular flexibility index (Phi) is 4.28. The van der Waals surface area contributed by atoms with Crippen molar-refractivity contribution in [1.29, 1.82) is 0 Å². The summed E-state index contributed by atoms with van der Waals surface area (Å²) in [7, 11) is 0. The first-order valence-corrected chi connectivity index (χ1v) is 7.40. The lowest BCUT2D eigenvalue weighted by Crippen LogP contribution is -2.49. The predicted octanol–water partition coefficient (Wildman–Crippen LogP) is 3.30. The summed E-state index contributed by atoms with van der Waals surface area (Å²) in [6.45, 7) is 5.15. The van der Waals surface area contributed by atoms with Crippen LogP contribution in [0.5, 0.6) is 0 Å². The van der Waals surface area contributed by atoms with Gasteiger partial charge in [0, 0.05) is 9.86 Å². The Labute approximate surface area is 135 Å². The molecule has 2 rings (SSSR count). The summed E-state index contributed by atoms with van der Waals surface area (Å²) >= 11 is 3.18. The third kappa shape index (κ3) is 3.30. The van der Waals surface area contributed by atoms with E-state index in [4.69, 9.17) is 0 Å². The zero-order valence-corrected chi connectivity index (χ0v) is 13.9. The Balaban J connectivity index is 2.34. The van der Waals surface area contributed by atoms with Crippen LogP contribution in [0.25, 0.3) is 10.9 Å². The highest BCUT2D eigenvalue weighted by atomic mass is 79.9. The number of hydrogen-bond acceptors (Lipinski definition) is 2. The number of benzene rings is 1. The maximum atomic E-state index is 13.8. The topological polar surface area (TPSA) is 82.2 Å². The van der Waals surface area contributed by atoms with Crippen LogP contribution in [0.1, 0.15) is 31.3 Å². The second-order valence-corrected chi connectivity index (χ2v) is 7.06. The zero-order valence-electron chi connectivity index (χ0n) is 12.3. The SMILES string of the molecule is CC(C)(C)[C@H](NC(=O)c1cc2c(F)cc(Br)cc2[nH]1)C(=O)O. The van der Waals surface area contributed by atoms with Crippen molar-refractivity contribution >= 4 is 38.7 Å². The highest BCUT2D eigenvalue weighted by Crippen LogP contribution is 2.25. The van der Waals surface area contributed by atoms with E-state index in [0.29, 0.717) is 9.99 Å². The van der Waals surface area contributed by atoms with Crippen molar-refractivity contribution in [3.8, 4) is 0 Å². The van der Waals surface area contributed by atoms with Gasteiger partial charge >= 0.3 is 5.97 Å². The lowest BCUT2D eigenvalue weighted by atomic mass is 9.86. The van der Waals surface area contributed by atoms with Gasteiger partial charge in [0.1, 0.15) is 17.6 Å². The number of fused-ring (bicyclic) bond motifs is 1. The molecule has 5 nitrogen and oxygen atoms in total. The number of rotatable bonds is 3. The maximum absolute atomic E-state index is 13.8. The molecule has 2 aromatic rings. The van der Waals surface area contributed by atoms with Gasteiger partial charge in [-0.2, -0.15) is 0 Å². The lowest BCUT2D eigenvalue weighted by Gasteiger charge is -2.27. The average molecular weight is 371 g/mol. The van der Waals surface area contributed by atoms with Crippen molar-refractivity contribution in [2.45, 2.75) is 26.8 Å². The third-order valence-electron chi connectivity index (χ3n) is 3.29. The standard InChI is InChI=1S/C15H16BrFN2O3/c1-15(2,3)12(14(21)22)19-13(20)11-6-8-9(17)4-7(16)5-10(8)18-11/h4-6,12,18H,1-3H3,(H,19,20)(H,21,22)/t12-/m1/s1. The van der Waals surface area contributed by atoms with Crippen LogP contribution in [0.3, 0.4) is 0 Å². The molecule has 1 aromatic carbocycles. The van der Waals surface area contributed by atoms with Crippen LogP contribution in [0.2, 0.25) is 0 Å². The van der Waals surface area contributed by atoms with Crippen LogP contribution in [0.4, 0.5) is 4.39 Å². The van der Waals surface area contributed by atoms with Crippen molar-refractivity contribution in [1.82, 2.24) is 10.3 Å². The number of H-pyrrole nitrogens is 1. The van der Waals surface area contributed by atoms with Crippen molar-refractivity contribution in [2.75, 3.05) is 0 Å². The van der Waals surface area contributed by atoms with Gasteiger partial charge in [-0.1, -0.05) is 36.7 Å². The van der Waals surface area contributed by atoms with E-state index in [0.717, 1.165) is 0 Å². The smallest absolute Gasteiger partial charge is 0.326 e. The van der Waals surface area contributed by atoms with E-state index >= 15 is 0 Å². The molecule has 0 spiro atoms. The van der Waals surface area contributed by atoms with Gasteiger partial charge in [-0.15, -0.1) is 0 Å². The normalized spacial score (nSPS) is 13.1. The molecular weight excluding hydrogens is 355 g/mol. The van der Waals surface area contributed by atoms with Crippen molar-refractivity contribution in [2.24, 2.45) is 5.41 Å². The van der Waals surface area contributed by atoms with Gasteiger partial charge in [0.25, 0.3) is 5.91 Å². The Morgan fingerprint density at radius 1 is 1.32 bits per heavy atom. The Morgan fingerprint density at radius 2 is 1.95 bits per heavy atom. The van der Waals surface area contributed by atoms with Gasteiger partial charge < -0.3 is 15.4 Å². The van der Waals surface area contributed by atoms with Crippen LogP contribution in [0.15, 0.2) is 22.7 Å². The van der Waals surface area contributed by atoms with E-state index in [9.17, 15) is 19.1 Å². The third-order valence-corrected chi connectivity index (χ3v) is 3.74. The molecule has 22 heavy (non-hydrogen) atoms. The molecule has 0 aliphatic heterocycles. The highest BCUT2D eigenvalue weighted by molar-refractivity contribution is 9.10. The minimum Gasteiger partial charge on any atom is -0.480 e.